The molecule has 3 N–H and O–H groups in total. The summed E-state index contributed by atoms with van der Waals surface area (Å²) in [5.41, 5.74) is -0.374. The molecule has 0 aromatic heterocycles. The number of carbonyl (C=O) groups is 3. The molecule has 204 valence electrons. The molecule has 0 heterocycles. The molecule has 0 saturated carbocycles. The van der Waals surface area contributed by atoms with Gasteiger partial charge in [0.15, 0.2) is 0 Å². The molecule has 1 rings (SSSR count). The molecule has 3 amide bonds. The zero-order valence-corrected chi connectivity index (χ0v) is 23.4. The SMILES string of the molecule is CCCCCCCN(C(=O)C(NC(=O)OC(C)(C)C)C(C)C)C(C(=O)NC(C)C)c1ccccc1O. The Hall–Kier alpha value is -2.77. The molecule has 0 aliphatic heterocycles. The van der Waals surface area contributed by atoms with Gasteiger partial charge in [0, 0.05) is 18.2 Å². The van der Waals surface area contributed by atoms with Gasteiger partial charge in [-0.25, -0.2) is 4.79 Å². The summed E-state index contributed by atoms with van der Waals surface area (Å²) >= 11 is 0. The Morgan fingerprint density at radius 2 is 1.58 bits per heavy atom. The monoisotopic (exact) mass is 505 g/mol. The molecule has 0 saturated heterocycles. The number of aromatic hydroxyl groups is 1. The molecule has 36 heavy (non-hydrogen) atoms. The van der Waals surface area contributed by atoms with Crippen LogP contribution in [0.2, 0.25) is 0 Å². The Morgan fingerprint density at radius 3 is 2.11 bits per heavy atom. The summed E-state index contributed by atoms with van der Waals surface area (Å²) in [6.07, 6.45) is 4.13. The van der Waals surface area contributed by atoms with Gasteiger partial charge in [0.2, 0.25) is 11.8 Å². The number of hydrogen-bond acceptors (Lipinski definition) is 5. The maximum atomic E-state index is 14.0. The van der Waals surface area contributed by atoms with E-state index in [0.717, 1.165) is 25.7 Å². The first-order valence-electron chi connectivity index (χ1n) is 13.2. The summed E-state index contributed by atoms with van der Waals surface area (Å²) in [6, 6.07) is 4.45. The third kappa shape index (κ3) is 10.5. The average Bonchev–Trinajstić information content (AvgIpc) is 2.75. The first-order valence-corrected chi connectivity index (χ1v) is 13.2. The second kappa shape index (κ2) is 14.7. The smallest absolute Gasteiger partial charge is 0.408 e. The van der Waals surface area contributed by atoms with Crippen LogP contribution in [0.1, 0.15) is 99.1 Å². The van der Waals surface area contributed by atoms with Crippen LogP contribution < -0.4 is 10.6 Å². The van der Waals surface area contributed by atoms with Crippen molar-refractivity contribution in [2.45, 2.75) is 111 Å². The zero-order chi connectivity index (χ0) is 27.5. The summed E-state index contributed by atoms with van der Waals surface area (Å²) in [4.78, 5) is 41.6. The van der Waals surface area contributed by atoms with Crippen molar-refractivity contribution in [3.05, 3.63) is 29.8 Å². The highest BCUT2D eigenvalue weighted by atomic mass is 16.6. The highest BCUT2D eigenvalue weighted by Crippen LogP contribution is 2.31. The van der Waals surface area contributed by atoms with Gasteiger partial charge in [-0.2, -0.15) is 0 Å². The first kappa shape index (κ1) is 31.3. The molecular weight excluding hydrogens is 458 g/mol. The predicted octanol–water partition coefficient (Wildman–Crippen LogP) is 5.31. The zero-order valence-electron chi connectivity index (χ0n) is 23.4. The van der Waals surface area contributed by atoms with Crippen molar-refractivity contribution in [3.63, 3.8) is 0 Å². The molecule has 8 nitrogen and oxygen atoms in total. The van der Waals surface area contributed by atoms with E-state index < -0.39 is 29.7 Å². The molecule has 2 atom stereocenters. The Kier molecular flexibility index (Phi) is 12.8. The standard InChI is InChI=1S/C28H47N3O5/c1-9-10-11-12-15-18-31(26(34)23(19(2)3)30-27(35)36-28(6,7)8)24(25(33)29-20(4)5)21-16-13-14-17-22(21)32/h13-14,16-17,19-20,23-24,32H,9-12,15,18H2,1-8H3,(H,29,33)(H,30,35). The maximum absolute atomic E-state index is 14.0. The molecular formula is C28H47N3O5. The summed E-state index contributed by atoms with van der Waals surface area (Å²) < 4.78 is 5.40. The Bertz CT molecular complexity index is 848. The van der Waals surface area contributed by atoms with Crippen LogP contribution in [0.5, 0.6) is 5.75 Å². The lowest BCUT2D eigenvalue weighted by Gasteiger charge is -2.36. The quantitative estimate of drug-likeness (QED) is 0.315. The maximum Gasteiger partial charge on any atom is 0.408 e. The first-order chi connectivity index (χ1) is 16.8. The van der Waals surface area contributed by atoms with Crippen LogP contribution in [-0.4, -0.2) is 52.1 Å². The van der Waals surface area contributed by atoms with Crippen LogP contribution in [0.25, 0.3) is 0 Å². The number of amides is 3. The molecule has 1 aromatic carbocycles. The number of carbonyl (C=O) groups excluding carboxylic acids is 3. The number of unbranched alkanes of at least 4 members (excludes halogenated alkanes) is 4. The Morgan fingerprint density at radius 1 is 0.972 bits per heavy atom. The van der Waals surface area contributed by atoms with Gasteiger partial charge in [0.1, 0.15) is 23.4 Å². The normalized spacial score (nSPS) is 13.3. The van der Waals surface area contributed by atoms with Gasteiger partial charge in [-0.3, -0.25) is 9.59 Å². The fraction of sp³-hybridized carbons (Fsp3) is 0.679. The van der Waals surface area contributed by atoms with E-state index in [2.05, 4.69) is 17.6 Å². The third-order valence-electron chi connectivity index (χ3n) is 5.61. The Labute approximate surface area is 217 Å². The largest absolute Gasteiger partial charge is 0.508 e. The number of para-hydroxylation sites is 1. The molecule has 0 aliphatic rings. The number of ether oxygens (including phenoxy) is 1. The number of hydrogen-bond donors (Lipinski definition) is 3. The number of phenolic OH excluding ortho intramolecular Hbond substituents is 1. The second-order valence-corrected chi connectivity index (χ2v) is 10.9. The molecule has 8 heteroatoms. The molecule has 0 aliphatic carbocycles. The fourth-order valence-corrected chi connectivity index (χ4v) is 3.91. The van der Waals surface area contributed by atoms with E-state index in [1.165, 1.54) is 11.0 Å². The van der Waals surface area contributed by atoms with E-state index in [4.69, 9.17) is 4.74 Å². The molecule has 2 unspecified atom stereocenters. The van der Waals surface area contributed by atoms with Gasteiger partial charge in [-0.15, -0.1) is 0 Å². The third-order valence-corrected chi connectivity index (χ3v) is 5.61. The molecule has 0 spiro atoms. The van der Waals surface area contributed by atoms with Gasteiger partial charge in [0.05, 0.1) is 0 Å². The minimum atomic E-state index is -1.05. The van der Waals surface area contributed by atoms with E-state index in [1.54, 1.807) is 39.0 Å². The highest BCUT2D eigenvalue weighted by molar-refractivity contribution is 5.92. The van der Waals surface area contributed by atoms with Crippen molar-refractivity contribution >= 4 is 17.9 Å². The van der Waals surface area contributed by atoms with Crippen LogP contribution in [0, 0.1) is 5.92 Å². The van der Waals surface area contributed by atoms with Crippen molar-refractivity contribution in [2.75, 3.05) is 6.54 Å². The van der Waals surface area contributed by atoms with E-state index >= 15 is 0 Å². The summed E-state index contributed by atoms with van der Waals surface area (Å²) in [5, 5.41) is 16.3. The number of alkyl carbamates (subject to hydrolysis) is 1. The van der Waals surface area contributed by atoms with Gasteiger partial charge >= 0.3 is 6.09 Å². The van der Waals surface area contributed by atoms with E-state index in [9.17, 15) is 19.5 Å². The van der Waals surface area contributed by atoms with Crippen LogP contribution in [-0.2, 0) is 14.3 Å². The van der Waals surface area contributed by atoms with Crippen molar-refractivity contribution in [2.24, 2.45) is 5.92 Å². The highest BCUT2D eigenvalue weighted by Gasteiger charge is 2.38. The average molecular weight is 506 g/mol. The predicted molar refractivity (Wildman–Crippen MR) is 143 cm³/mol. The van der Waals surface area contributed by atoms with Gasteiger partial charge in [-0.05, 0) is 53.0 Å². The summed E-state index contributed by atoms with van der Waals surface area (Å²) in [6.45, 7) is 15.1. The van der Waals surface area contributed by atoms with Crippen molar-refractivity contribution in [1.82, 2.24) is 15.5 Å². The van der Waals surface area contributed by atoms with Crippen LogP contribution in [0.3, 0.4) is 0 Å². The number of nitrogens with zero attached hydrogens (tertiary/aromatic N) is 1. The molecule has 0 fully saturated rings. The second-order valence-electron chi connectivity index (χ2n) is 10.9. The van der Waals surface area contributed by atoms with Crippen LogP contribution >= 0.6 is 0 Å². The van der Waals surface area contributed by atoms with Crippen molar-refractivity contribution < 1.29 is 24.2 Å². The van der Waals surface area contributed by atoms with Gasteiger partial charge in [0.25, 0.3) is 0 Å². The number of nitrogens with one attached hydrogen (secondary N) is 2. The number of benzene rings is 1. The fourth-order valence-electron chi connectivity index (χ4n) is 3.91. The van der Waals surface area contributed by atoms with Crippen molar-refractivity contribution in [1.29, 1.82) is 0 Å². The molecule has 0 radical (unpaired) electrons. The molecule has 1 aromatic rings. The minimum Gasteiger partial charge on any atom is -0.508 e. The Balaban J connectivity index is 3.43. The van der Waals surface area contributed by atoms with Gasteiger partial charge in [-0.1, -0.05) is 64.7 Å². The van der Waals surface area contributed by atoms with Crippen LogP contribution in [0.4, 0.5) is 4.79 Å². The van der Waals surface area contributed by atoms with E-state index in [-0.39, 0.29) is 23.6 Å². The lowest BCUT2D eigenvalue weighted by molar-refractivity contribution is -0.143. The van der Waals surface area contributed by atoms with E-state index in [0.29, 0.717) is 18.5 Å². The number of phenols is 1. The van der Waals surface area contributed by atoms with Crippen molar-refractivity contribution in [3.8, 4) is 5.75 Å². The topological polar surface area (TPSA) is 108 Å². The molecule has 0 bridgehead atoms. The van der Waals surface area contributed by atoms with Gasteiger partial charge < -0.3 is 25.4 Å². The summed E-state index contributed by atoms with van der Waals surface area (Å²) in [5.74, 6) is -1.09. The van der Waals surface area contributed by atoms with E-state index in [1.807, 2.05) is 27.7 Å². The number of rotatable bonds is 13. The summed E-state index contributed by atoms with van der Waals surface area (Å²) in [7, 11) is 0. The van der Waals surface area contributed by atoms with Crippen LogP contribution in [0.15, 0.2) is 24.3 Å². The minimum absolute atomic E-state index is 0.0635. The lowest BCUT2D eigenvalue weighted by atomic mass is 9.97. The lowest BCUT2D eigenvalue weighted by Crippen LogP contribution is -2.55.